The highest BCUT2D eigenvalue weighted by Gasteiger charge is 2.32. The molecule has 0 spiro atoms. The molecule has 9 nitrogen and oxygen atoms in total. The Balaban J connectivity index is 1.68. The first kappa shape index (κ1) is 18.9. The van der Waals surface area contributed by atoms with Gasteiger partial charge in [-0.25, -0.2) is 13.4 Å². The van der Waals surface area contributed by atoms with Crippen molar-refractivity contribution in [3.8, 4) is 0 Å². The van der Waals surface area contributed by atoms with Gasteiger partial charge in [-0.05, 0) is 19.8 Å². The molecule has 3 rings (SSSR count). The maximum Gasteiger partial charge on any atom is 0.229 e. The van der Waals surface area contributed by atoms with Gasteiger partial charge in [-0.15, -0.1) is 0 Å². The zero-order valence-electron chi connectivity index (χ0n) is 14.7. The van der Waals surface area contributed by atoms with Crippen molar-refractivity contribution < 1.29 is 8.42 Å². The van der Waals surface area contributed by atoms with Crippen LogP contribution in [0.25, 0.3) is 0 Å². The zero-order chi connectivity index (χ0) is 18.7. The number of nitrogens with one attached hydrogen (secondary N) is 2. The Morgan fingerprint density at radius 2 is 2.19 bits per heavy atom. The summed E-state index contributed by atoms with van der Waals surface area (Å²) in [6, 6.07) is -0.0966. The van der Waals surface area contributed by atoms with Crippen molar-refractivity contribution >= 4 is 39.1 Å². The van der Waals surface area contributed by atoms with Crippen molar-refractivity contribution in [3.05, 3.63) is 23.6 Å². The van der Waals surface area contributed by atoms with E-state index in [0.717, 1.165) is 18.5 Å². The molecule has 0 unspecified atom stereocenters. The molecule has 1 aliphatic rings. The number of sulfonamides is 1. The number of nitrogens with zero attached hydrogens (tertiary/aromatic N) is 5. The van der Waals surface area contributed by atoms with Gasteiger partial charge in [-0.1, -0.05) is 11.6 Å². The Hall–Kier alpha value is -1.91. The van der Waals surface area contributed by atoms with E-state index in [1.165, 1.54) is 6.20 Å². The Morgan fingerprint density at radius 3 is 2.88 bits per heavy atom. The average Bonchev–Trinajstić information content (AvgIpc) is 3.24. The normalized spacial score (nSPS) is 18.2. The lowest BCUT2D eigenvalue weighted by Gasteiger charge is -2.24. The van der Waals surface area contributed by atoms with Crippen molar-refractivity contribution in [2.45, 2.75) is 25.8 Å². The van der Waals surface area contributed by atoms with Crippen molar-refractivity contribution in [2.75, 3.05) is 29.5 Å². The van der Waals surface area contributed by atoms with Crippen LogP contribution in [0.4, 0.5) is 17.5 Å². The minimum Gasteiger partial charge on any atom is -0.367 e. The van der Waals surface area contributed by atoms with E-state index in [-0.39, 0.29) is 11.8 Å². The maximum atomic E-state index is 12.2. The molecule has 11 heteroatoms. The van der Waals surface area contributed by atoms with Crippen LogP contribution in [0.3, 0.4) is 0 Å². The molecular formula is C15H22ClN7O2S. The molecule has 0 aromatic carbocycles. The molecule has 3 heterocycles. The number of aromatic nitrogens is 4. The predicted octanol–water partition coefficient (Wildman–Crippen LogP) is 1.83. The first-order valence-corrected chi connectivity index (χ1v) is 10.4. The molecular weight excluding hydrogens is 378 g/mol. The summed E-state index contributed by atoms with van der Waals surface area (Å²) in [7, 11) is -1.38. The first-order chi connectivity index (χ1) is 12.4. The molecule has 2 aromatic heterocycles. The standard InChI is InChI=1S/C15H22ClN7O2S/c1-3-26(24,25)23-6-4-5-12(23)8-17-14-13(16)9-18-15(21-14)20-11-7-19-22(2)10-11/h7,9-10,12H,3-6,8H2,1-2H3,(H2,17,18,20,21)/t12-/m1/s1. The van der Waals surface area contributed by atoms with Crippen molar-refractivity contribution in [3.63, 3.8) is 0 Å². The summed E-state index contributed by atoms with van der Waals surface area (Å²) in [5.41, 5.74) is 0.761. The van der Waals surface area contributed by atoms with Gasteiger partial charge in [0.1, 0.15) is 5.02 Å². The summed E-state index contributed by atoms with van der Waals surface area (Å²) in [6.07, 6.45) is 6.64. The van der Waals surface area contributed by atoms with Gasteiger partial charge >= 0.3 is 0 Å². The van der Waals surface area contributed by atoms with E-state index in [0.29, 0.717) is 29.9 Å². The van der Waals surface area contributed by atoms with E-state index in [4.69, 9.17) is 11.6 Å². The van der Waals surface area contributed by atoms with E-state index in [9.17, 15) is 8.42 Å². The lowest BCUT2D eigenvalue weighted by Crippen LogP contribution is -2.40. The third-order valence-corrected chi connectivity index (χ3v) is 6.46. The van der Waals surface area contributed by atoms with Crippen LogP contribution in [0.5, 0.6) is 0 Å². The number of aryl methyl sites for hydroxylation is 1. The van der Waals surface area contributed by atoms with Gasteiger partial charge in [0, 0.05) is 32.4 Å². The molecule has 0 aliphatic carbocycles. The largest absolute Gasteiger partial charge is 0.367 e. The SMILES string of the molecule is CCS(=O)(=O)N1CCC[C@@H]1CNc1nc(Nc2cnn(C)c2)ncc1Cl. The highest BCUT2D eigenvalue weighted by Crippen LogP contribution is 2.24. The molecule has 0 amide bonds. The van der Waals surface area contributed by atoms with E-state index in [2.05, 4.69) is 25.7 Å². The predicted molar refractivity (Wildman–Crippen MR) is 101 cm³/mol. The minimum absolute atomic E-state index is 0.0966. The van der Waals surface area contributed by atoms with Gasteiger partial charge in [0.2, 0.25) is 16.0 Å². The van der Waals surface area contributed by atoms with Crippen molar-refractivity contribution in [1.82, 2.24) is 24.1 Å². The van der Waals surface area contributed by atoms with Crippen LogP contribution < -0.4 is 10.6 Å². The van der Waals surface area contributed by atoms with Crippen LogP contribution in [0, 0.1) is 0 Å². The van der Waals surface area contributed by atoms with Crippen LogP contribution in [0.2, 0.25) is 5.02 Å². The summed E-state index contributed by atoms with van der Waals surface area (Å²) < 4.78 is 27.6. The summed E-state index contributed by atoms with van der Waals surface area (Å²) in [5, 5.41) is 10.7. The smallest absolute Gasteiger partial charge is 0.229 e. The highest BCUT2D eigenvalue weighted by molar-refractivity contribution is 7.89. The number of halogens is 1. The quantitative estimate of drug-likeness (QED) is 0.731. The fourth-order valence-corrected chi connectivity index (χ4v) is 4.46. The number of hydrogen-bond donors (Lipinski definition) is 2. The van der Waals surface area contributed by atoms with Crippen LogP contribution in [-0.4, -0.2) is 57.4 Å². The van der Waals surface area contributed by atoms with Crippen LogP contribution in [-0.2, 0) is 17.1 Å². The second kappa shape index (κ2) is 7.77. The maximum absolute atomic E-state index is 12.2. The van der Waals surface area contributed by atoms with E-state index in [1.807, 2.05) is 7.05 Å². The lowest BCUT2D eigenvalue weighted by molar-refractivity contribution is 0.399. The molecule has 26 heavy (non-hydrogen) atoms. The number of hydrogen-bond acceptors (Lipinski definition) is 7. The molecule has 1 saturated heterocycles. The summed E-state index contributed by atoms with van der Waals surface area (Å²) in [6.45, 7) is 2.67. The van der Waals surface area contributed by atoms with Gasteiger partial charge in [0.15, 0.2) is 5.82 Å². The third kappa shape index (κ3) is 4.25. The summed E-state index contributed by atoms with van der Waals surface area (Å²) in [5.74, 6) is 0.958. The Morgan fingerprint density at radius 1 is 1.38 bits per heavy atom. The lowest BCUT2D eigenvalue weighted by atomic mass is 10.2. The molecule has 142 valence electrons. The molecule has 1 atom stereocenters. The van der Waals surface area contributed by atoms with Gasteiger partial charge in [0.25, 0.3) is 0 Å². The van der Waals surface area contributed by atoms with Crippen LogP contribution >= 0.6 is 11.6 Å². The molecule has 0 bridgehead atoms. The van der Waals surface area contributed by atoms with E-state index < -0.39 is 10.0 Å². The fraction of sp³-hybridized carbons (Fsp3) is 0.533. The van der Waals surface area contributed by atoms with Gasteiger partial charge in [0.05, 0.1) is 23.8 Å². The molecule has 1 fully saturated rings. The number of anilines is 3. The Bertz CT molecular complexity index is 871. The minimum atomic E-state index is -3.20. The van der Waals surface area contributed by atoms with Crippen molar-refractivity contribution in [1.29, 1.82) is 0 Å². The van der Waals surface area contributed by atoms with Crippen LogP contribution in [0.1, 0.15) is 19.8 Å². The highest BCUT2D eigenvalue weighted by atomic mass is 35.5. The summed E-state index contributed by atoms with van der Waals surface area (Å²) >= 11 is 6.18. The van der Waals surface area contributed by atoms with E-state index in [1.54, 1.807) is 28.3 Å². The van der Waals surface area contributed by atoms with Gasteiger partial charge in [-0.3, -0.25) is 4.68 Å². The fourth-order valence-electron chi connectivity index (χ4n) is 2.93. The Labute approximate surface area is 157 Å². The topological polar surface area (TPSA) is 105 Å². The molecule has 0 radical (unpaired) electrons. The zero-order valence-corrected chi connectivity index (χ0v) is 16.3. The molecule has 1 aliphatic heterocycles. The van der Waals surface area contributed by atoms with Gasteiger partial charge < -0.3 is 10.6 Å². The van der Waals surface area contributed by atoms with Gasteiger partial charge in [-0.2, -0.15) is 14.4 Å². The van der Waals surface area contributed by atoms with Crippen molar-refractivity contribution in [2.24, 2.45) is 7.05 Å². The third-order valence-electron chi connectivity index (χ3n) is 4.26. The molecule has 2 aromatic rings. The van der Waals surface area contributed by atoms with E-state index >= 15 is 0 Å². The second-order valence-electron chi connectivity index (χ2n) is 6.11. The Kier molecular flexibility index (Phi) is 5.64. The molecule has 2 N–H and O–H groups in total. The second-order valence-corrected chi connectivity index (χ2v) is 8.72. The number of rotatable bonds is 7. The first-order valence-electron chi connectivity index (χ1n) is 8.40. The average molecular weight is 400 g/mol. The summed E-state index contributed by atoms with van der Waals surface area (Å²) in [4.78, 5) is 8.53. The monoisotopic (exact) mass is 399 g/mol. The van der Waals surface area contributed by atoms with Crippen LogP contribution in [0.15, 0.2) is 18.6 Å². The molecule has 0 saturated carbocycles.